The molecular weight excluding hydrogens is 426 g/mol. The van der Waals surface area contributed by atoms with E-state index in [2.05, 4.69) is 32.1 Å². The summed E-state index contributed by atoms with van der Waals surface area (Å²) < 4.78 is 14.1. The normalized spacial score (nSPS) is 11.8. The van der Waals surface area contributed by atoms with Crippen molar-refractivity contribution >= 4 is 39.6 Å². The third kappa shape index (κ3) is 5.96. The van der Waals surface area contributed by atoms with Crippen LogP contribution in [0.15, 0.2) is 67.0 Å². The van der Waals surface area contributed by atoms with E-state index in [0.29, 0.717) is 0 Å². The lowest BCUT2D eigenvalue weighted by Crippen LogP contribution is -2.01. The topological polar surface area (TPSA) is 79.8 Å². The monoisotopic (exact) mass is 449 g/mol. The molecule has 2 N–H and O–H groups in total. The van der Waals surface area contributed by atoms with Gasteiger partial charge < -0.3 is 10.0 Å². The molecule has 3 heterocycles. The van der Waals surface area contributed by atoms with Crippen molar-refractivity contribution in [2.75, 3.05) is 16.3 Å². The predicted octanol–water partition coefficient (Wildman–Crippen LogP) is 5.14. The minimum absolute atomic E-state index is 0.757. The molecule has 4 aromatic rings. The first-order chi connectivity index (χ1) is 15.0. The zero-order chi connectivity index (χ0) is 21.6. The summed E-state index contributed by atoms with van der Waals surface area (Å²) in [5.74, 6) is 1.54. The van der Waals surface area contributed by atoms with Crippen LogP contribution in [0.5, 0.6) is 0 Å². The number of aromatic nitrogens is 3. The van der Waals surface area contributed by atoms with E-state index in [4.69, 9.17) is 4.98 Å². The lowest BCUT2D eigenvalue weighted by molar-refractivity contribution is 0.690. The second kappa shape index (κ2) is 9.80. The van der Waals surface area contributed by atoms with Crippen molar-refractivity contribution < 1.29 is 4.21 Å². The highest BCUT2D eigenvalue weighted by molar-refractivity contribution is 7.85. The van der Waals surface area contributed by atoms with Crippen molar-refractivity contribution in [2.24, 2.45) is 0 Å². The van der Waals surface area contributed by atoms with Crippen LogP contribution >= 0.6 is 11.3 Å². The van der Waals surface area contributed by atoms with Crippen molar-refractivity contribution in [2.45, 2.75) is 19.8 Å². The molecule has 4 rings (SSSR count). The largest absolute Gasteiger partial charge is 0.325 e. The van der Waals surface area contributed by atoms with Crippen LogP contribution < -0.4 is 10.0 Å². The number of rotatable bonds is 8. The lowest BCUT2D eigenvalue weighted by Gasteiger charge is -2.06. The van der Waals surface area contributed by atoms with Crippen LogP contribution in [0.4, 0.5) is 17.3 Å². The molecule has 6 nitrogen and oxygen atoms in total. The van der Waals surface area contributed by atoms with Gasteiger partial charge in [0, 0.05) is 30.8 Å². The van der Waals surface area contributed by atoms with Gasteiger partial charge in [-0.1, -0.05) is 18.2 Å². The molecule has 158 valence electrons. The first-order valence-corrected chi connectivity index (χ1v) is 12.2. The third-order valence-electron chi connectivity index (χ3n) is 4.57. The van der Waals surface area contributed by atoms with Crippen LogP contribution in [-0.2, 0) is 23.8 Å². The quantitative estimate of drug-likeness (QED) is 0.389. The van der Waals surface area contributed by atoms with E-state index in [1.54, 1.807) is 23.8 Å². The van der Waals surface area contributed by atoms with E-state index in [0.717, 1.165) is 51.3 Å². The molecule has 0 aliphatic rings. The van der Waals surface area contributed by atoms with E-state index < -0.39 is 11.0 Å². The summed E-state index contributed by atoms with van der Waals surface area (Å²) in [5, 5.41) is 4.34. The molecule has 0 amide bonds. The average molecular weight is 450 g/mol. The number of nitrogens with one attached hydrogen (secondary N) is 2. The molecule has 0 aliphatic carbocycles. The number of benzene rings is 1. The number of hydrogen-bond acceptors (Lipinski definition) is 6. The second-order valence-corrected chi connectivity index (χ2v) is 9.35. The molecule has 0 fully saturated rings. The Morgan fingerprint density at radius 2 is 1.84 bits per heavy atom. The van der Waals surface area contributed by atoms with Gasteiger partial charge in [-0.25, -0.2) is 19.2 Å². The number of nitrogens with zero attached hydrogens (tertiary/aromatic N) is 3. The average Bonchev–Trinajstić information content (AvgIpc) is 3.22. The summed E-state index contributed by atoms with van der Waals surface area (Å²) in [5.41, 5.74) is 4.12. The van der Waals surface area contributed by atoms with Crippen molar-refractivity contribution in [3.63, 3.8) is 0 Å². The molecule has 0 aliphatic heterocycles. The van der Waals surface area contributed by atoms with E-state index in [1.807, 2.05) is 55.6 Å². The number of thiazole rings is 1. The van der Waals surface area contributed by atoms with Crippen molar-refractivity contribution in [3.05, 3.63) is 83.1 Å². The van der Waals surface area contributed by atoms with Crippen molar-refractivity contribution in [3.8, 4) is 10.6 Å². The number of hydrogen-bond donors (Lipinski definition) is 2. The molecule has 8 heteroatoms. The molecule has 1 aromatic carbocycles. The Kier molecular flexibility index (Phi) is 6.69. The summed E-state index contributed by atoms with van der Waals surface area (Å²) >= 11 is 1.66. The predicted molar refractivity (Wildman–Crippen MR) is 129 cm³/mol. The third-order valence-corrected chi connectivity index (χ3v) is 6.17. The molecule has 0 saturated heterocycles. The molecule has 1 atom stereocenters. The fourth-order valence-corrected chi connectivity index (χ4v) is 4.43. The van der Waals surface area contributed by atoms with Gasteiger partial charge >= 0.3 is 0 Å². The van der Waals surface area contributed by atoms with Gasteiger partial charge in [-0.15, -0.1) is 11.3 Å². The summed E-state index contributed by atoms with van der Waals surface area (Å²) in [6, 6.07) is 17.9. The lowest BCUT2D eigenvalue weighted by atomic mass is 10.1. The van der Waals surface area contributed by atoms with Gasteiger partial charge in [-0.3, -0.25) is 0 Å². The van der Waals surface area contributed by atoms with E-state index in [9.17, 15) is 4.21 Å². The van der Waals surface area contributed by atoms with Crippen LogP contribution in [0.2, 0.25) is 0 Å². The Balaban J connectivity index is 1.40. The molecule has 1 unspecified atom stereocenters. The maximum Gasteiger partial charge on any atom is 0.132 e. The van der Waals surface area contributed by atoms with Crippen molar-refractivity contribution in [1.82, 2.24) is 15.0 Å². The molecule has 3 aromatic heterocycles. The summed E-state index contributed by atoms with van der Waals surface area (Å²) in [4.78, 5) is 14.7. The van der Waals surface area contributed by atoms with Crippen LogP contribution in [-0.4, -0.2) is 25.4 Å². The number of anilines is 3. The highest BCUT2D eigenvalue weighted by Gasteiger charge is 2.08. The zero-order valence-corrected chi connectivity index (χ0v) is 19.0. The summed E-state index contributed by atoms with van der Waals surface area (Å²) in [7, 11) is -1.06. The Morgan fingerprint density at radius 1 is 1.00 bits per heavy atom. The van der Waals surface area contributed by atoms with Gasteiger partial charge in [-0.2, -0.15) is 0 Å². The molecule has 0 bridgehead atoms. The Bertz CT molecular complexity index is 1190. The van der Waals surface area contributed by atoms with Crippen molar-refractivity contribution in [1.29, 1.82) is 0 Å². The summed E-state index contributed by atoms with van der Waals surface area (Å²) in [6.45, 7) is 2.04. The van der Waals surface area contributed by atoms with Gasteiger partial charge in [0.25, 0.3) is 0 Å². The van der Waals surface area contributed by atoms with Gasteiger partial charge in [0.2, 0.25) is 0 Å². The highest BCUT2D eigenvalue weighted by Crippen LogP contribution is 2.27. The van der Waals surface area contributed by atoms with Crippen LogP contribution in [0, 0.1) is 6.92 Å². The van der Waals surface area contributed by atoms with Gasteiger partial charge in [0.15, 0.2) is 0 Å². The van der Waals surface area contributed by atoms with Crippen LogP contribution in [0.3, 0.4) is 0 Å². The molecule has 0 radical (unpaired) electrons. The fraction of sp³-hybridized carbons (Fsp3) is 0.174. The number of aryl methyl sites for hydroxylation is 3. The maximum atomic E-state index is 11.2. The van der Waals surface area contributed by atoms with Crippen LogP contribution in [0.25, 0.3) is 10.6 Å². The zero-order valence-electron chi connectivity index (χ0n) is 17.3. The van der Waals surface area contributed by atoms with E-state index in [-0.39, 0.29) is 0 Å². The first-order valence-electron chi connectivity index (χ1n) is 9.86. The Labute approximate surface area is 188 Å². The standard InChI is InChI=1S/C23H23N5OS2/c1-16-12-13-24-22(14-16)27-21-5-3-4-19(26-21)20-15-25-23(30-20)11-8-17-6-9-18(10-7-17)28-31(2)29/h3-7,9-10,12-15,28H,8,11H2,1-2H3,(H,24,26,27). The molecular formula is C23H23N5OS2. The Morgan fingerprint density at radius 3 is 2.61 bits per heavy atom. The van der Waals surface area contributed by atoms with Gasteiger partial charge in [0.1, 0.15) is 22.6 Å². The molecule has 0 saturated carbocycles. The molecule has 0 spiro atoms. The minimum atomic E-state index is -1.06. The van der Waals surface area contributed by atoms with Crippen LogP contribution in [0.1, 0.15) is 16.1 Å². The Hall–Kier alpha value is -3.10. The smallest absolute Gasteiger partial charge is 0.132 e. The highest BCUT2D eigenvalue weighted by atomic mass is 32.2. The fourth-order valence-electron chi connectivity index (χ4n) is 3.08. The van der Waals surface area contributed by atoms with E-state index >= 15 is 0 Å². The maximum absolute atomic E-state index is 11.2. The van der Waals surface area contributed by atoms with E-state index in [1.165, 1.54) is 5.56 Å². The SMILES string of the molecule is Cc1ccnc(Nc2cccc(-c3cnc(CCc4ccc(NS(C)=O)cc4)s3)n2)c1. The second-order valence-electron chi connectivity index (χ2n) is 7.12. The summed E-state index contributed by atoms with van der Waals surface area (Å²) in [6.07, 6.45) is 7.05. The first kappa shape index (κ1) is 21.1. The minimum Gasteiger partial charge on any atom is -0.325 e. The van der Waals surface area contributed by atoms with Gasteiger partial charge in [-0.05, 0) is 60.9 Å². The number of pyridine rings is 2. The van der Waals surface area contributed by atoms with Gasteiger partial charge in [0.05, 0.1) is 15.6 Å². The molecule has 31 heavy (non-hydrogen) atoms.